The molecule has 0 fully saturated rings. The van der Waals surface area contributed by atoms with Gasteiger partial charge in [0.1, 0.15) is 5.69 Å². The molecule has 10 heteroatoms. The first-order chi connectivity index (χ1) is 12.9. The number of rotatable bonds is 2. The fourth-order valence-corrected chi connectivity index (χ4v) is 2.83. The van der Waals surface area contributed by atoms with Crippen LogP contribution >= 0.6 is 0 Å². The lowest BCUT2D eigenvalue weighted by molar-refractivity contribution is -0.118. The van der Waals surface area contributed by atoms with E-state index in [-0.39, 0.29) is 23.5 Å². The minimum absolute atomic E-state index is 0.0500. The Bertz CT molecular complexity index is 896. The predicted molar refractivity (Wildman–Crippen MR) is 92.2 cm³/mol. The second-order valence-electron chi connectivity index (χ2n) is 6.05. The maximum Gasteiger partial charge on any atom is 0.405 e. The molecule has 8 nitrogen and oxygen atoms in total. The number of nitrogens with zero attached hydrogens (tertiary/aromatic N) is 3. The minimum atomic E-state index is -2.94. The number of hydrogen-bond acceptors (Lipinski definition) is 4. The summed E-state index contributed by atoms with van der Waals surface area (Å²) >= 11 is 0. The van der Waals surface area contributed by atoms with Gasteiger partial charge in [-0.05, 0) is 24.1 Å². The van der Waals surface area contributed by atoms with Crippen LogP contribution in [0.25, 0.3) is 11.4 Å². The molecule has 0 aliphatic carbocycles. The van der Waals surface area contributed by atoms with Crippen LogP contribution in [0.5, 0.6) is 0 Å². The average molecular weight is 377 g/mol. The number of hydrogen-bond donors (Lipinski definition) is 3. The summed E-state index contributed by atoms with van der Waals surface area (Å²) in [7, 11) is 0. The van der Waals surface area contributed by atoms with Crippen molar-refractivity contribution in [1.29, 1.82) is 0 Å². The van der Waals surface area contributed by atoms with Gasteiger partial charge in [-0.3, -0.25) is 9.78 Å². The van der Waals surface area contributed by atoms with E-state index in [0.29, 0.717) is 10.2 Å². The summed E-state index contributed by atoms with van der Waals surface area (Å²) in [5, 5.41) is 17.7. The van der Waals surface area contributed by atoms with Gasteiger partial charge in [0.25, 0.3) is 0 Å². The number of nitrogens with one attached hydrogen (secondary N) is 2. The number of carbonyl (C=O) groups excluding carboxylic acids is 1. The molecule has 1 aliphatic rings. The van der Waals surface area contributed by atoms with Gasteiger partial charge >= 0.3 is 12.6 Å². The third kappa shape index (κ3) is 3.94. The number of pyridine rings is 1. The summed E-state index contributed by atoms with van der Waals surface area (Å²) in [6.45, 7) is -1.29. The maximum absolute atomic E-state index is 13.4. The molecular formula is C17H17F2N5O3. The Morgan fingerprint density at radius 2 is 2.26 bits per heavy atom. The van der Waals surface area contributed by atoms with Gasteiger partial charge in [-0.1, -0.05) is 19.1 Å². The molecule has 2 aromatic rings. The van der Waals surface area contributed by atoms with Crippen molar-refractivity contribution in [3.63, 3.8) is 0 Å². The third-order valence-corrected chi connectivity index (χ3v) is 4.17. The summed E-state index contributed by atoms with van der Waals surface area (Å²) in [6.07, 6.45) is 4.94. The summed E-state index contributed by atoms with van der Waals surface area (Å²) in [4.78, 5) is 27.6. The Balaban J connectivity index is 2.17. The van der Waals surface area contributed by atoms with E-state index < -0.39 is 30.5 Å². The number of carboxylic acid groups (broad SMARTS) is 1. The Kier molecular flexibility index (Phi) is 5.15. The number of halogens is 2. The first-order valence-electron chi connectivity index (χ1n) is 8.15. The highest BCUT2D eigenvalue weighted by Gasteiger charge is 2.24. The molecule has 0 spiro atoms. The molecule has 0 saturated heterocycles. The molecule has 0 aromatic carbocycles. The van der Waals surface area contributed by atoms with Gasteiger partial charge in [0.2, 0.25) is 5.91 Å². The molecule has 0 saturated carbocycles. The number of amides is 2. The number of fused-ring (bicyclic) bond motifs is 4. The van der Waals surface area contributed by atoms with Gasteiger partial charge in [-0.15, -0.1) is 0 Å². The lowest BCUT2D eigenvalue weighted by atomic mass is 10.0. The second-order valence-corrected chi connectivity index (χ2v) is 6.05. The maximum atomic E-state index is 13.4. The molecule has 2 amide bonds. The molecule has 3 rings (SSSR count). The lowest BCUT2D eigenvalue weighted by Gasteiger charge is -2.18. The van der Waals surface area contributed by atoms with Crippen molar-refractivity contribution < 1.29 is 23.5 Å². The molecule has 0 unspecified atom stereocenters. The van der Waals surface area contributed by atoms with E-state index >= 15 is 0 Å². The van der Waals surface area contributed by atoms with Crippen molar-refractivity contribution in [3.8, 4) is 11.4 Å². The van der Waals surface area contributed by atoms with Gasteiger partial charge in [0.05, 0.1) is 29.5 Å². The fourth-order valence-electron chi connectivity index (χ4n) is 2.83. The fraction of sp³-hybridized carbons (Fsp3) is 0.294. The van der Waals surface area contributed by atoms with Gasteiger partial charge in [-0.2, -0.15) is 18.6 Å². The van der Waals surface area contributed by atoms with Crippen molar-refractivity contribution in [2.75, 3.05) is 5.32 Å². The Hall–Kier alpha value is -3.30. The summed E-state index contributed by atoms with van der Waals surface area (Å²) in [5.74, 6) is -0.954. The van der Waals surface area contributed by atoms with Crippen LogP contribution in [0.4, 0.5) is 19.3 Å². The van der Waals surface area contributed by atoms with Gasteiger partial charge in [0.15, 0.2) is 0 Å². The van der Waals surface area contributed by atoms with Crippen LogP contribution in [0.2, 0.25) is 0 Å². The van der Waals surface area contributed by atoms with Crippen molar-refractivity contribution in [2.24, 2.45) is 5.92 Å². The Morgan fingerprint density at radius 3 is 2.96 bits per heavy atom. The molecule has 142 valence electrons. The van der Waals surface area contributed by atoms with Crippen LogP contribution in [0, 0.1) is 5.92 Å². The zero-order chi connectivity index (χ0) is 19.6. The largest absolute Gasteiger partial charge is 0.465 e. The Labute approximate surface area is 152 Å². The quantitative estimate of drug-likeness (QED) is 0.697. The zero-order valence-electron chi connectivity index (χ0n) is 14.3. The van der Waals surface area contributed by atoms with Crippen molar-refractivity contribution in [1.82, 2.24) is 20.1 Å². The highest BCUT2D eigenvalue weighted by molar-refractivity contribution is 5.96. The van der Waals surface area contributed by atoms with Gasteiger partial charge < -0.3 is 15.7 Å². The van der Waals surface area contributed by atoms with Crippen LogP contribution < -0.4 is 10.6 Å². The summed E-state index contributed by atoms with van der Waals surface area (Å²) in [6, 6.07) is 2.49. The smallest absolute Gasteiger partial charge is 0.405 e. The first kappa shape index (κ1) is 18.5. The van der Waals surface area contributed by atoms with E-state index in [1.807, 2.05) is 0 Å². The van der Waals surface area contributed by atoms with Crippen LogP contribution in [0.3, 0.4) is 0 Å². The van der Waals surface area contributed by atoms with Crippen LogP contribution in [0.1, 0.15) is 31.5 Å². The Morgan fingerprint density at radius 1 is 1.48 bits per heavy atom. The highest BCUT2D eigenvalue weighted by Crippen LogP contribution is 2.32. The zero-order valence-corrected chi connectivity index (χ0v) is 14.3. The van der Waals surface area contributed by atoms with E-state index in [1.54, 1.807) is 25.1 Å². The van der Waals surface area contributed by atoms with Crippen molar-refractivity contribution in [3.05, 3.63) is 42.2 Å². The number of anilines is 1. The molecule has 2 atom stereocenters. The van der Waals surface area contributed by atoms with Gasteiger partial charge in [-0.25, -0.2) is 4.79 Å². The molecule has 1 aliphatic heterocycles. The third-order valence-electron chi connectivity index (χ3n) is 4.17. The summed E-state index contributed by atoms with van der Waals surface area (Å²) in [5.41, 5.74) is 0.758. The normalized spacial score (nSPS) is 20.8. The van der Waals surface area contributed by atoms with E-state index in [9.17, 15) is 18.4 Å². The first-order valence-corrected chi connectivity index (χ1v) is 8.15. The number of aromatic nitrogens is 3. The van der Waals surface area contributed by atoms with Crippen LogP contribution in [-0.4, -0.2) is 31.9 Å². The minimum Gasteiger partial charge on any atom is -0.465 e. The van der Waals surface area contributed by atoms with E-state index in [1.165, 1.54) is 12.3 Å². The molecular weight excluding hydrogens is 360 g/mol. The van der Waals surface area contributed by atoms with E-state index in [2.05, 4.69) is 20.7 Å². The SMILES string of the molecule is C[C@@H]1/C=C/C[C@H](NC(=O)O)c2ccnc(c2)-c2c(cnn2C(F)F)NC1=O. The van der Waals surface area contributed by atoms with Crippen LogP contribution in [-0.2, 0) is 4.79 Å². The number of carbonyl (C=O) groups is 2. The molecule has 2 bridgehead atoms. The molecule has 3 N–H and O–H groups in total. The molecule has 3 heterocycles. The summed E-state index contributed by atoms with van der Waals surface area (Å²) < 4.78 is 27.2. The second kappa shape index (κ2) is 7.52. The number of alkyl halides is 2. The average Bonchev–Trinajstić information content (AvgIpc) is 3.03. The topological polar surface area (TPSA) is 109 Å². The van der Waals surface area contributed by atoms with E-state index in [4.69, 9.17) is 5.11 Å². The van der Waals surface area contributed by atoms with E-state index in [0.717, 1.165) is 6.20 Å². The predicted octanol–water partition coefficient (Wildman–Crippen LogP) is 3.18. The molecule has 27 heavy (non-hydrogen) atoms. The monoisotopic (exact) mass is 377 g/mol. The standard InChI is InChI=1S/C17H17F2N5O3/c1-9-3-2-4-11(23-17(26)27)10-5-6-20-12(7-10)14-13(22-15(9)25)8-21-24(14)16(18)19/h2-3,5-9,11,16,23H,4H2,1H3,(H,22,25)(H,26,27)/b3-2+/t9-,11+/m1/s1. The lowest BCUT2D eigenvalue weighted by Crippen LogP contribution is -2.27. The van der Waals surface area contributed by atoms with Crippen molar-refractivity contribution in [2.45, 2.75) is 25.9 Å². The molecule has 2 aromatic heterocycles. The van der Waals surface area contributed by atoms with Crippen molar-refractivity contribution >= 4 is 17.7 Å². The van der Waals surface area contributed by atoms with Crippen LogP contribution in [0.15, 0.2) is 36.7 Å². The molecule has 0 radical (unpaired) electrons. The highest BCUT2D eigenvalue weighted by atomic mass is 19.3. The van der Waals surface area contributed by atoms with Gasteiger partial charge in [0, 0.05) is 6.20 Å².